The van der Waals surface area contributed by atoms with Crippen molar-refractivity contribution < 1.29 is 18.1 Å². The molecule has 0 fully saturated rings. The van der Waals surface area contributed by atoms with Crippen molar-refractivity contribution in [3.63, 3.8) is 0 Å². The van der Waals surface area contributed by atoms with E-state index in [-0.39, 0.29) is 29.0 Å². The zero-order valence-corrected chi connectivity index (χ0v) is 15.1. The average molecular weight is 415 g/mol. The fraction of sp³-hybridized carbons (Fsp3) is 0.188. The Bertz CT molecular complexity index is 916. The van der Waals surface area contributed by atoms with Gasteiger partial charge in [-0.3, -0.25) is 15.5 Å². The summed E-state index contributed by atoms with van der Waals surface area (Å²) in [7, 11) is 0. The maximum Gasteiger partial charge on any atom is 0.432 e. The van der Waals surface area contributed by atoms with Gasteiger partial charge in [-0.05, 0) is 42.3 Å². The van der Waals surface area contributed by atoms with E-state index in [0.717, 1.165) is 11.8 Å². The van der Waals surface area contributed by atoms with Crippen LogP contribution < -0.4 is 10.6 Å². The van der Waals surface area contributed by atoms with Gasteiger partial charge in [-0.1, -0.05) is 12.1 Å². The van der Waals surface area contributed by atoms with Crippen molar-refractivity contribution in [1.29, 1.82) is 5.41 Å². The number of hydrogen-bond donors (Lipinski definition) is 3. The van der Waals surface area contributed by atoms with Crippen LogP contribution in [-0.2, 0) is 6.54 Å². The van der Waals surface area contributed by atoms with Gasteiger partial charge in [-0.15, -0.1) is 0 Å². The standard InChI is InChI=1S/C16H14ClF3N6O2/c1-9(6-13(21)16(18,19)20)24-11-4-2-10(3-5-11)7-22-14-12(26(27)28)8-23-15(17)25-14/h2-6,8,21,24H,7H2,1H3,(H,22,23,25)/b9-6-,21-13?. The number of hydrogen-bond acceptors (Lipinski definition) is 7. The van der Waals surface area contributed by atoms with E-state index in [9.17, 15) is 23.3 Å². The van der Waals surface area contributed by atoms with Crippen molar-refractivity contribution in [1.82, 2.24) is 9.97 Å². The number of rotatable bonds is 7. The van der Waals surface area contributed by atoms with Gasteiger partial charge in [0.25, 0.3) is 0 Å². The summed E-state index contributed by atoms with van der Waals surface area (Å²) in [6.07, 6.45) is -3.02. The predicted molar refractivity (Wildman–Crippen MR) is 98.6 cm³/mol. The third-order valence-corrected chi connectivity index (χ3v) is 3.54. The number of aromatic nitrogens is 2. The number of alkyl halides is 3. The Hall–Kier alpha value is -3.21. The van der Waals surface area contributed by atoms with E-state index in [1.165, 1.54) is 6.92 Å². The molecule has 1 aromatic heterocycles. The summed E-state index contributed by atoms with van der Waals surface area (Å²) in [5.74, 6) is -0.0309. The highest BCUT2D eigenvalue weighted by molar-refractivity contribution is 6.28. The summed E-state index contributed by atoms with van der Waals surface area (Å²) in [6, 6.07) is 6.58. The van der Waals surface area contributed by atoms with E-state index in [2.05, 4.69) is 20.6 Å². The van der Waals surface area contributed by atoms with E-state index >= 15 is 0 Å². The van der Waals surface area contributed by atoms with Crippen LogP contribution in [0.4, 0.5) is 30.4 Å². The summed E-state index contributed by atoms with van der Waals surface area (Å²) in [5.41, 5.74) is -0.374. The van der Waals surface area contributed by atoms with Crippen molar-refractivity contribution in [2.45, 2.75) is 19.6 Å². The molecule has 3 N–H and O–H groups in total. The molecule has 0 radical (unpaired) electrons. The van der Waals surface area contributed by atoms with Crippen molar-refractivity contribution in [2.75, 3.05) is 10.6 Å². The first kappa shape index (κ1) is 21.1. The third kappa shape index (κ3) is 5.91. The van der Waals surface area contributed by atoms with Gasteiger partial charge in [0.15, 0.2) is 0 Å². The van der Waals surface area contributed by atoms with E-state index in [0.29, 0.717) is 11.8 Å². The lowest BCUT2D eigenvalue weighted by atomic mass is 10.2. The van der Waals surface area contributed by atoms with E-state index in [1.54, 1.807) is 24.3 Å². The molecule has 0 spiro atoms. The minimum atomic E-state index is -4.70. The Morgan fingerprint density at radius 1 is 1.36 bits per heavy atom. The topological polar surface area (TPSA) is 117 Å². The molecule has 0 unspecified atom stereocenters. The van der Waals surface area contributed by atoms with Crippen LogP contribution in [0, 0.1) is 15.5 Å². The molecule has 12 heteroatoms. The van der Waals surface area contributed by atoms with Gasteiger partial charge in [0.05, 0.1) is 4.92 Å². The molecule has 0 saturated carbocycles. The third-order valence-electron chi connectivity index (χ3n) is 3.36. The number of anilines is 2. The monoisotopic (exact) mass is 414 g/mol. The quantitative estimate of drug-likeness (QED) is 0.265. The Balaban J connectivity index is 2.02. The van der Waals surface area contributed by atoms with Gasteiger partial charge in [-0.25, -0.2) is 4.98 Å². The van der Waals surface area contributed by atoms with Crippen LogP contribution in [0.25, 0.3) is 0 Å². The number of nitro groups is 1. The van der Waals surface area contributed by atoms with Gasteiger partial charge >= 0.3 is 11.9 Å². The zero-order valence-electron chi connectivity index (χ0n) is 14.3. The second-order valence-electron chi connectivity index (χ2n) is 5.54. The van der Waals surface area contributed by atoms with Crippen molar-refractivity contribution in [3.8, 4) is 0 Å². The molecule has 1 aromatic carbocycles. The number of nitrogens with one attached hydrogen (secondary N) is 3. The molecule has 0 aliphatic rings. The number of allylic oxidation sites excluding steroid dienone is 2. The van der Waals surface area contributed by atoms with Gasteiger partial charge < -0.3 is 10.6 Å². The first-order valence-corrected chi connectivity index (χ1v) is 8.05. The average Bonchev–Trinajstić information content (AvgIpc) is 2.60. The molecule has 0 amide bonds. The summed E-state index contributed by atoms with van der Waals surface area (Å²) < 4.78 is 37.1. The predicted octanol–water partition coefficient (Wildman–Crippen LogP) is 4.55. The van der Waals surface area contributed by atoms with E-state index in [1.807, 2.05) is 0 Å². The molecule has 2 rings (SSSR count). The first-order valence-electron chi connectivity index (χ1n) is 7.67. The molecule has 0 atom stereocenters. The highest BCUT2D eigenvalue weighted by atomic mass is 35.5. The van der Waals surface area contributed by atoms with Crippen LogP contribution in [0.1, 0.15) is 12.5 Å². The molecule has 0 bridgehead atoms. The Labute approximate surface area is 162 Å². The normalized spacial score (nSPS) is 11.8. The maximum absolute atomic E-state index is 12.4. The Morgan fingerprint density at radius 2 is 2.00 bits per heavy atom. The second kappa shape index (κ2) is 8.65. The molecular formula is C16H14ClF3N6O2. The van der Waals surface area contributed by atoms with Crippen LogP contribution in [-0.4, -0.2) is 26.8 Å². The smallest absolute Gasteiger partial charge is 0.360 e. The molecular weight excluding hydrogens is 401 g/mol. The molecule has 28 heavy (non-hydrogen) atoms. The first-order chi connectivity index (χ1) is 13.1. The molecule has 8 nitrogen and oxygen atoms in total. The van der Waals surface area contributed by atoms with Gasteiger partial charge in [0.2, 0.25) is 11.1 Å². The molecule has 0 aliphatic heterocycles. The van der Waals surface area contributed by atoms with Crippen LogP contribution in [0.15, 0.2) is 42.2 Å². The lowest BCUT2D eigenvalue weighted by molar-refractivity contribution is -0.384. The molecule has 1 heterocycles. The lowest BCUT2D eigenvalue weighted by Gasteiger charge is -2.10. The van der Waals surface area contributed by atoms with Crippen molar-refractivity contribution in [3.05, 3.63) is 63.2 Å². The Kier molecular flexibility index (Phi) is 6.52. The molecule has 0 aliphatic carbocycles. The SMILES string of the molecule is C/C(=C/C(=N)C(F)(F)F)Nc1ccc(CNc2nc(Cl)ncc2[N+](=O)[O-])cc1. The summed E-state index contributed by atoms with van der Waals surface area (Å²) in [6.45, 7) is 1.61. The summed E-state index contributed by atoms with van der Waals surface area (Å²) in [5, 5.41) is 23.3. The minimum absolute atomic E-state index is 0.0309. The van der Waals surface area contributed by atoms with Crippen LogP contribution in [0.3, 0.4) is 0 Å². The lowest BCUT2D eigenvalue weighted by Crippen LogP contribution is -2.20. The fourth-order valence-electron chi connectivity index (χ4n) is 2.07. The number of halogens is 4. The molecule has 0 saturated heterocycles. The minimum Gasteiger partial charge on any atom is -0.360 e. The molecule has 2 aromatic rings. The van der Waals surface area contributed by atoms with Gasteiger partial charge in [0.1, 0.15) is 11.9 Å². The van der Waals surface area contributed by atoms with E-state index < -0.39 is 16.8 Å². The number of benzene rings is 1. The number of nitrogens with zero attached hydrogens (tertiary/aromatic N) is 3. The highest BCUT2D eigenvalue weighted by Crippen LogP contribution is 2.23. The second-order valence-corrected chi connectivity index (χ2v) is 5.88. The summed E-state index contributed by atoms with van der Waals surface area (Å²) >= 11 is 5.65. The Morgan fingerprint density at radius 3 is 2.57 bits per heavy atom. The highest BCUT2D eigenvalue weighted by Gasteiger charge is 2.32. The molecule has 148 valence electrons. The van der Waals surface area contributed by atoms with E-state index in [4.69, 9.17) is 17.0 Å². The van der Waals surface area contributed by atoms with Crippen LogP contribution in [0.2, 0.25) is 5.28 Å². The van der Waals surface area contributed by atoms with Crippen molar-refractivity contribution >= 4 is 34.5 Å². The van der Waals surface area contributed by atoms with Gasteiger partial charge in [0, 0.05) is 17.9 Å². The zero-order chi connectivity index (χ0) is 20.9. The van der Waals surface area contributed by atoms with Crippen molar-refractivity contribution in [2.24, 2.45) is 0 Å². The summed E-state index contributed by atoms with van der Waals surface area (Å²) in [4.78, 5) is 17.7. The fourth-order valence-corrected chi connectivity index (χ4v) is 2.20. The van der Waals surface area contributed by atoms with Crippen LogP contribution in [0.5, 0.6) is 0 Å². The maximum atomic E-state index is 12.4. The van der Waals surface area contributed by atoms with Crippen LogP contribution >= 0.6 is 11.6 Å². The van der Waals surface area contributed by atoms with Gasteiger partial charge in [-0.2, -0.15) is 18.2 Å². The largest absolute Gasteiger partial charge is 0.432 e.